The first-order valence-corrected chi connectivity index (χ1v) is 51.4. The minimum atomic E-state index is -0.703. The highest BCUT2D eigenvalue weighted by Gasteiger charge is 2.35. The number of aldehydes is 1. The number of hydrogen-bond donors (Lipinski definition) is 4. The van der Waals surface area contributed by atoms with Gasteiger partial charge in [0.25, 0.3) is 0 Å². The maximum absolute atomic E-state index is 15.6. The van der Waals surface area contributed by atoms with E-state index in [0.29, 0.717) is 44.9 Å². The molecule has 0 radical (unpaired) electrons. The summed E-state index contributed by atoms with van der Waals surface area (Å²) in [6.07, 6.45) is 4.11. The lowest BCUT2D eigenvalue weighted by Gasteiger charge is -2.33. The minimum Gasteiger partial charge on any atom is -0.334 e. The molecule has 10 rings (SSSR count). The van der Waals surface area contributed by atoms with Gasteiger partial charge in [-0.1, -0.05) is 303 Å². The van der Waals surface area contributed by atoms with E-state index in [1.165, 1.54) is 63.7 Å². The van der Waals surface area contributed by atoms with Gasteiger partial charge in [0, 0.05) is 118 Å². The maximum Gasteiger partial charge on any atom is 0.242 e. The van der Waals surface area contributed by atoms with Crippen molar-refractivity contribution in [2.75, 3.05) is 216 Å². The second-order valence-electron chi connectivity index (χ2n) is 37.0. The first-order valence-electron chi connectivity index (χ1n) is 51.4. The summed E-state index contributed by atoms with van der Waals surface area (Å²) >= 11 is 0. The molecular formula is C117H146N18O14. The number of amides is 13. The summed E-state index contributed by atoms with van der Waals surface area (Å²) in [6.45, 7) is -6.94. The molecule has 13 amide bonds. The highest BCUT2D eigenvalue weighted by atomic mass is 16.2. The van der Waals surface area contributed by atoms with Crippen LogP contribution in [0, 0.1) is 0 Å². The monoisotopic (exact) mass is 2030 g/mol. The summed E-state index contributed by atoms with van der Waals surface area (Å²) in [6, 6.07) is 94.0. The van der Waals surface area contributed by atoms with E-state index in [2.05, 4.69) is 0 Å². The molecule has 0 saturated heterocycles. The van der Waals surface area contributed by atoms with Crippen LogP contribution in [0.15, 0.2) is 303 Å². The molecule has 0 atom stereocenters. The average molecular weight is 2030 g/mol. The number of hydrogen-bond acceptors (Lipinski definition) is 19. The van der Waals surface area contributed by atoms with Crippen molar-refractivity contribution in [3.8, 4) is 0 Å². The van der Waals surface area contributed by atoms with E-state index in [4.69, 9.17) is 22.9 Å². The Bertz CT molecular complexity index is 5720. The first kappa shape index (κ1) is 116. The number of carbonyl (C=O) groups excluding carboxylic acids is 14. The lowest BCUT2D eigenvalue weighted by atomic mass is 10.1. The highest BCUT2D eigenvalue weighted by molar-refractivity contribution is 5.96. The van der Waals surface area contributed by atoms with E-state index in [9.17, 15) is 24.0 Å². The number of nitrogens with two attached hydrogens (primary N) is 4. The first-order chi connectivity index (χ1) is 72.4. The van der Waals surface area contributed by atoms with Crippen LogP contribution in [0.5, 0.6) is 0 Å². The van der Waals surface area contributed by atoms with Crippen LogP contribution in [0.25, 0.3) is 0 Å². The van der Waals surface area contributed by atoms with Crippen LogP contribution >= 0.6 is 0 Å². The van der Waals surface area contributed by atoms with Gasteiger partial charge in [0.15, 0.2) is 0 Å². The number of rotatable bonds is 66. The smallest absolute Gasteiger partial charge is 0.242 e. The third kappa shape index (κ3) is 41.6. The maximum atomic E-state index is 15.6. The molecule has 0 aromatic heterocycles. The van der Waals surface area contributed by atoms with Gasteiger partial charge in [0.1, 0.15) is 6.29 Å². The lowest BCUT2D eigenvalue weighted by molar-refractivity contribution is -0.149. The Kier molecular flexibility index (Phi) is 50.2. The fraction of sp³-hybridized carbons (Fsp3) is 0.368. The molecular weight excluding hydrogens is 1880 g/mol. The van der Waals surface area contributed by atoms with Gasteiger partial charge in [-0.05, 0) is 127 Å². The second-order valence-corrected chi connectivity index (χ2v) is 37.0. The topological polar surface area (TPSA) is 388 Å². The Morgan fingerprint density at radius 2 is 0.282 bits per heavy atom. The third-order valence-corrected chi connectivity index (χ3v) is 26.0. The third-order valence-electron chi connectivity index (χ3n) is 26.0. The van der Waals surface area contributed by atoms with Crippen LogP contribution in [-0.4, -0.2) is 368 Å². The van der Waals surface area contributed by atoms with Gasteiger partial charge in [0.05, 0.1) is 91.6 Å². The molecule has 32 heteroatoms. The van der Waals surface area contributed by atoms with Gasteiger partial charge in [-0.2, -0.15) is 0 Å². The highest BCUT2D eigenvalue weighted by Crippen LogP contribution is 2.18. The van der Waals surface area contributed by atoms with Crippen LogP contribution in [-0.2, 0) is 131 Å². The molecule has 0 spiro atoms. The zero-order valence-corrected chi connectivity index (χ0v) is 85.9. The molecule has 0 unspecified atom stereocenters. The van der Waals surface area contributed by atoms with Crippen molar-refractivity contribution < 1.29 is 67.1 Å². The Hall–Kier alpha value is -15.2. The molecule has 0 saturated carbocycles. The van der Waals surface area contributed by atoms with E-state index in [1.54, 1.807) is 0 Å². The van der Waals surface area contributed by atoms with E-state index < -0.39 is 143 Å². The number of carbonyl (C=O) groups is 14. The van der Waals surface area contributed by atoms with E-state index in [0.717, 1.165) is 55.6 Å². The summed E-state index contributed by atoms with van der Waals surface area (Å²) in [5, 5.41) is 0. The van der Waals surface area contributed by atoms with Crippen LogP contribution in [0.2, 0.25) is 0 Å². The van der Waals surface area contributed by atoms with Crippen molar-refractivity contribution in [1.82, 2.24) is 68.6 Å². The second kappa shape index (κ2) is 64.7. The zero-order chi connectivity index (χ0) is 106. The van der Waals surface area contributed by atoms with Gasteiger partial charge < -0.3 is 91.4 Å². The van der Waals surface area contributed by atoms with Crippen molar-refractivity contribution in [3.05, 3.63) is 359 Å². The van der Waals surface area contributed by atoms with Crippen LogP contribution < -0.4 is 22.9 Å². The predicted octanol–water partition coefficient (Wildman–Crippen LogP) is 6.15. The lowest BCUT2D eigenvalue weighted by Crippen LogP contribution is -2.54. The van der Waals surface area contributed by atoms with Gasteiger partial charge in [-0.15, -0.1) is 0 Å². The van der Waals surface area contributed by atoms with Gasteiger partial charge in [0.2, 0.25) is 76.8 Å². The summed E-state index contributed by atoms with van der Waals surface area (Å²) in [4.78, 5) is 228. The fourth-order valence-corrected chi connectivity index (χ4v) is 17.2. The van der Waals surface area contributed by atoms with Crippen molar-refractivity contribution in [2.45, 2.75) is 64.2 Å². The van der Waals surface area contributed by atoms with Gasteiger partial charge in [-0.25, -0.2) is 0 Å². The largest absolute Gasteiger partial charge is 0.334 e. The van der Waals surface area contributed by atoms with E-state index >= 15 is 43.2 Å². The Morgan fingerprint density at radius 1 is 0.168 bits per heavy atom. The van der Waals surface area contributed by atoms with Crippen molar-refractivity contribution in [2.24, 2.45) is 22.9 Å². The van der Waals surface area contributed by atoms with Crippen LogP contribution in [0.3, 0.4) is 0 Å². The zero-order valence-electron chi connectivity index (χ0n) is 85.9. The van der Waals surface area contributed by atoms with Gasteiger partial charge >= 0.3 is 0 Å². The summed E-state index contributed by atoms with van der Waals surface area (Å²) in [5.74, 6) is -7.82. The molecule has 10 aromatic rings. The Balaban J connectivity index is 0.873. The molecule has 10 aromatic carbocycles. The molecule has 788 valence electrons. The molecule has 0 aliphatic carbocycles. The normalized spacial score (nSPS) is 10.9. The number of likely N-dealkylation sites (N-methyl/N-ethyl adjacent to an activating group) is 1. The molecule has 149 heavy (non-hydrogen) atoms. The van der Waals surface area contributed by atoms with Crippen molar-refractivity contribution in [1.29, 1.82) is 0 Å². The summed E-state index contributed by atoms with van der Waals surface area (Å²) in [7, 11) is 1.85. The molecule has 0 heterocycles. The molecule has 0 fully saturated rings. The molecule has 0 aliphatic rings. The van der Waals surface area contributed by atoms with Gasteiger partial charge in [-0.3, -0.25) is 67.2 Å². The van der Waals surface area contributed by atoms with E-state index in [-0.39, 0.29) is 169 Å². The SMILES string of the molecule is CN(CCc1ccccc1)CC(=O)N(CCc1ccccc1)CC(=O)N(CCN)CC(=O)N(CCc1ccccc1)CC(=O)N(CCc1ccccc1)CC(=O)N(CCN)CC(=O)N(CCc1ccccc1)CC(=O)N(CCc1ccccc1)CC(=O)N(CCN)CC(=O)N(CCc1ccccc1)CC(=O)N(CCc1ccccc1)CC(=O)N(CCN)CC(=O)N(CCc1ccccc1)CC(=O)N(CC=O)CCc1ccccc1. The number of nitrogens with zero attached hydrogens (tertiary/aromatic N) is 14. The summed E-state index contributed by atoms with van der Waals surface area (Å²) in [5.41, 5.74) is 33.9. The Labute approximate surface area is 876 Å². The number of benzene rings is 10. The Morgan fingerprint density at radius 3 is 0.416 bits per heavy atom. The average Bonchev–Trinajstić information content (AvgIpc) is 0.847. The molecule has 0 aliphatic heterocycles. The quantitative estimate of drug-likeness (QED) is 0.0310. The van der Waals surface area contributed by atoms with Crippen LogP contribution in [0.1, 0.15) is 55.6 Å². The predicted molar refractivity (Wildman–Crippen MR) is 577 cm³/mol. The molecule has 0 bridgehead atoms. The molecule has 8 N–H and O–H groups in total. The fourth-order valence-electron chi connectivity index (χ4n) is 17.2. The summed E-state index contributed by atoms with van der Waals surface area (Å²) < 4.78 is 0. The van der Waals surface area contributed by atoms with Crippen molar-refractivity contribution in [3.63, 3.8) is 0 Å². The van der Waals surface area contributed by atoms with Crippen LogP contribution in [0.4, 0.5) is 0 Å². The molecule has 32 nitrogen and oxygen atoms in total. The minimum absolute atomic E-state index is 0.00547. The van der Waals surface area contributed by atoms with E-state index in [1.807, 2.05) is 315 Å². The standard InChI is InChI=1S/C117H146N18O14/c1-122(66-52-95-32-12-2-13-33-95)82-105(137)124(68-54-97-36-16-4-17-37-97)87-114(146)132(76-62-118)92-111(143)126(70-56-99-40-20-6-21-41-99)84-107(139)130(74-60-103-48-28-10-29-49-103)89-116(148)134(78-64-120)94-113(145)128(72-58-101-44-24-8-25-45-101)86-109(141)131(75-61-104-50-30-11-31-51-104)90-117(149)135(79-65-121)93-112(144)127(71-57-100-42-22-7-23-43-100)85-108(140)129(73-59-102-46-26-9-27-47-102)88-115(147)133(77-63-119)91-110(142)125(69-55-98-38-18-5-19-39-98)83-106(138)123(80-81-136)67-53-96-34-14-3-15-35-96/h2-51,81H,52-80,82-94,118-121H2,1H3. The van der Waals surface area contributed by atoms with Crippen molar-refractivity contribution >= 4 is 83.1 Å².